The Bertz CT molecular complexity index is 430. The molecule has 1 N–H and O–H groups in total. The number of hydrogen-bond donors (Lipinski definition) is 1. The highest BCUT2D eigenvalue weighted by Crippen LogP contribution is 2.28. The van der Waals surface area contributed by atoms with E-state index in [4.69, 9.17) is 0 Å². The summed E-state index contributed by atoms with van der Waals surface area (Å²) in [5, 5.41) is 7.77. The quantitative estimate of drug-likeness (QED) is 0.731. The average molecular weight is 308 g/mol. The van der Waals surface area contributed by atoms with E-state index in [2.05, 4.69) is 47.8 Å². The average Bonchev–Trinajstić information content (AvgIpc) is 3.05. The van der Waals surface area contributed by atoms with Crippen LogP contribution in [0.4, 0.5) is 0 Å². The van der Waals surface area contributed by atoms with Gasteiger partial charge in [-0.15, -0.1) is 0 Å². The Balaban J connectivity index is 1.98. The molecule has 1 aliphatic rings. The predicted octanol–water partition coefficient (Wildman–Crippen LogP) is 4.17. The van der Waals surface area contributed by atoms with E-state index >= 15 is 0 Å². The molecule has 0 radical (unpaired) electrons. The van der Waals surface area contributed by atoms with E-state index in [0.29, 0.717) is 0 Å². The molecule has 1 aromatic heterocycles. The minimum Gasteiger partial charge on any atom is -0.322 e. The third-order valence-corrected chi connectivity index (χ3v) is 4.82. The molecular formula is C17H28N2OS. The summed E-state index contributed by atoms with van der Waals surface area (Å²) in [5.41, 5.74) is 1.23. The number of amides is 1. The monoisotopic (exact) mass is 308 g/mol. The minimum atomic E-state index is 0.00463. The zero-order valence-corrected chi connectivity index (χ0v) is 14.3. The van der Waals surface area contributed by atoms with Crippen LogP contribution in [0.2, 0.25) is 0 Å². The number of unbranched alkanes of at least 4 members (excludes halogenated alkanes) is 1. The van der Waals surface area contributed by atoms with E-state index < -0.39 is 0 Å². The highest BCUT2D eigenvalue weighted by Gasteiger charge is 2.38. The molecule has 2 unspecified atom stereocenters. The Kier molecular flexibility index (Phi) is 6.24. The van der Waals surface area contributed by atoms with Gasteiger partial charge >= 0.3 is 0 Å². The maximum Gasteiger partial charge on any atom is 0.241 e. The van der Waals surface area contributed by atoms with Crippen molar-refractivity contribution in [3.63, 3.8) is 0 Å². The van der Waals surface area contributed by atoms with Gasteiger partial charge in [-0.05, 0) is 41.1 Å². The number of carbonyl (C=O) groups is 1. The second kappa shape index (κ2) is 7.95. The summed E-state index contributed by atoms with van der Waals surface area (Å²) >= 11 is 1.70. The first-order valence-electron chi connectivity index (χ1n) is 8.22. The van der Waals surface area contributed by atoms with Gasteiger partial charge in [0.05, 0.1) is 6.04 Å². The molecular weight excluding hydrogens is 280 g/mol. The molecule has 4 heteroatoms. The van der Waals surface area contributed by atoms with Crippen LogP contribution in [0, 0.1) is 5.92 Å². The highest BCUT2D eigenvalue weighted by atomic mass is 32.1. The van der Waals surface area contributed by atoms with Crippen molar-refractivity contribution in [2.75, 3.05) is 6.54 Å². The van der Waals surface area contributed by atoms with E-state index in [0.717, 1.165) is 31.7 Å². The zero-order chi connectivity index (χ0) is 15.2. The van der Waals surface area contributed by atoms with E-state index in [1.807, 2.05) is 0 Å². The van der Waals surface area contributed by atoms with Crippen LogP contribution >= 0.6 is 11.3 Å². The topological polar surface area (TPSA) is 32.3 Å². The number of rotatable bonds is 8. The van der Waals surface area contributed by atoms with Crippen LogP contribution in [0.5, 0.6) is 0 Å². The van der Waals surface area contributed by atoms with Crippen molar-refractivity contribution in [3.8, 4) is 0 Å². The molecule has 2 rings (SSSR count). The van der Waals surface area contributed by atoms with Gasteiger partial charge in [-0.1, -0.05) is 40.0 Å². The first-order valence-corrected chi connectivity index (χ1v) is 9.16. The SMILES string of the molecule is CCCC1NC(c2ccsc2)N(CCCCC(C)C)C1=O. The Morgan fingerprint density at radius 1 is 1.38 bits per heavy atom. The van der Waals surface area contributed by atoms with Crippen LogP contribution < -0.4 is 5.32 Å². The number of hydrogen-bond acceptors (Lipinski definition) is 3. The van der Waals surface area contributed by atoms with Crippen LogP contribution in [0.1, 0.15) is 64.6 Å². The molecule has 21 heavy (non-hydrogen) atoms. The lowest BCUT2D eigenvalue weighted by Gasteiger charge is -2.23. The predicted molar refractivity (Wildman–Crippen MR) is 89.3 cm³/mol. The Morgan fingerprint density at radius 3 is 2.81 bits per heavy atom. The van der Waals surface area contributed by atoms with E-state index in [1.165, 1.54) is 18.4 Å². The van der Waals surface area contributed by atoms with Crippen LogP contribution in [0.15, 0.2) is 16.8 Å². The van der Waals surface area contributed by atoms with Crippen LogP contribution in [-0.2, 0) is 4.79 Å². The molecule has 0 aliphatic carbocycles. The molecule has 2 atom stereocenters. The normalized spacial score (nSPS) is 22.5. The fraction of sp³-hybridized carbons (Fsp3) is 0.706. The standard InChI is InChI=1S/C17H28N2OS/c1-4-7-15-17(20)19(10-6-5-8-13(2)3)16(18-15)14-9-11-21-12-14/h9,11-13,15-16,18H,4-8,10H2,1-3H3. The molecule has 1 fully saturated rings. The van der Waals surface area contributed by atoms with Crippen molar-refractivity contribution < 1.29 is 4.79 Å². The van der Waals surface area contributed by atoms with E-state index in [-0.39, 0.29) is 18.1 Å². The van der Waals surface area contributed by atoms with Crippen LogP contribution in [0.3, 0.4) is 0 Å². The summed E-state index contributed by atoms with van der Waals surface area (Å²) < 4.78 is 0. The molecule has 0 saturated carbocycles. The van der Waals surface area contributed by atoms with Crippen molar-refractivity contribution in [1.29, 1.82) is 0 Å². The molecule has 1 aliphatic heterocycles. The van der Waals surface area contributed by atoms with Gasteiger partial charge in [0.2, 0.25) is 5.91 Å². The third kappa shape index (κ3) is 4.30. The summed E-state index contributed by atoms with van der Waals surface area (Å²) in [6, 6.07) is 2.13. The summed E-state index contributed by atoms with van der Waals surface area (Å²) in [6.45, 7) is 7.53. The molecule has 0 bridgehead atoms. The second-order valence-corrected chi connectivity index (χ2v) is 7.17. The van der Waals surface area contributed by atoms with Gasteiger partial charge in [-0.2, -0.15) is 11.3 Å². The van der Waals surface area contributed by atoms with Gasteiger partial charge in [0, 0.05) is 6.54 Å². The lowest BCUT2D eigenvalue weighted by atomic mass is 10.1. The Morgan fingerprint density at radius 2 is 2.19 bits per heavy atom. The largest absolute Gasteiger partial charge is 0.322 e. The Hall–Kier alpha value is -0.870. The first-order chi connectivity index (χ1) is 10.1. The highest BCUT2D eigenvalue weighted by molar-refractivity contribution is 7.07. The van der Waals surface area contributed by atoms with Crippen LogP contribution in [0.25, 0.3) is 0 Å². The summed E-state index contributed by atoms with van der Waals surface area (Å²) in [6.07, 6.45) is 5.61. The van der Waals surface area contributed by atoms with Crippen molar-refractivity contribution in [3.05, 3.63) is 22.4 Å². The molecule has 118 valence electrons. The second-order valence-electron chi connectivity index (χ2n) is 6.39. The smallest absolute Gasteiger partial charge is 0.241 e. The number of carbonyl (C=O) groups excluding carboxylic acids is 1. The summed E-state index contributed by atoms with van der Waals surface area (Å²) in [7, 11) is 0. The van der Waals surface area contributed by atoms with Crippen molar-refractivity contribution in [2.45, 2.75) is 65.1 Å². The van der Waals surface area contributed by atoms with Gasteiger partial charge in [0.25, 0.3) is 0 Å². The molecule has 1 saturated heterocycles. The zero-order valence-electron chi connectivity index (χ0n) is 13.5. The molecule has 1 amide bonds. The van der Waals surface area contributed by atoms with Crippen molar-refractivity contribution in [1.82, 2.24) is 10.2 Å². The molecule has 1 aromatic rings. The molecule has 0 aromatic carbocycles. The van der Waals surface area contributed by atoms with Crippen molar-refractivity contribution in [2.24, 2.45) is 5.92 Å². The Labute approximate surface area is 132 Å². The maximum absolute atomic E-state index is 12.6. The minimum absolute atomic E-state index is 0.00463. The third-order valence-electron chi connectivity index (χ3n) is 4.12. The van der Waals surface area contributed by atoms with Gasteiger partial charge in [0.15, 0.2) is 0 Å². The molecule has 3 nitrogen and oxygen atoms in total. The maximum atomic E-state index is 12.6. The van der Waals surface area contributed by atoms with Gasteiger partial charge in [0.1, 0.15) is 6.17 Å². The first kappa shape index (κ1) is 16.5. The lowest BCUT2D eigenvalue weighted by Crippen LogP contribution is -2.32. The van der Waals surface area contributed by atoms with E-state index in [1.54, 1.807) is 11.3 Å². The number of nitrogens with one attached hydrogen (secondary N) is 1. The summed E-state index contributed by atoms with van der Waals surface area (Å²) in [4.78, 5) is 14.7. The number of thiophene rings is 1. The van der Waals surface area contributed by atoms with E-state index in [9.17, 15) is 4.79 Å². The number of nitrogens with zero attached hydrogens (tertiary/aromatic N) is 1. The summed E-state index contributed by atoms with van der Waals surface area (Å²) in [5.74, 6) is 1.04. The van der Waals surface area contributed by atoms with Crippen LogP contribution in [-0.4, -0.2) is 23.4 Å². The fourth-order valence-corrected chi connectivity index (χ4v) is 3.63. The fourth-order valence-electron chi connectivity index (χ4n) is 2.96. The van der Waals surface area contributed by atoms with Gasteiger partial charge in [-0.25, -0.2) is 0 Å². The van der Waals surface area contributed by atoms with Gasteiger partial charge in [-0.3, -0.25) is 10.1 Å². The molecule has 0 spiro atoms. The lowest BCUT2D eigenvalue weighted by molar-refractivity contribution is -0.130. The van der Waals surface area contributed by atoms with Crippen molar-refractivity contribution >= 4 is 17.2 Å². The molecule has 2 heterocycles. The van der Waals surface area contributed by atoms with Gasteiger partial charge < -0.3 is 4.90 Å².